The van der Waals surface area contributed by atoms with Gasteiger partial charge in [0, 0.05) is 42.3 Å². The van der Waals surface area contributed by atoms with E-state index in [0.717, 1.165) is 15.8 Å². The third-order valence-corrected chi connectivity index (χ3v) is 6.73. The maximum absolute atomic E-state index is 14.4. The lowest BCUT2D eigenvalue weighted by molar-refractivity contribution is 0.101. The molecule has 0 radical (unpaired) electrons. The van der Waals surface area contributed by atoms with Crippen molar-refractivity contribution in [1.29, 1.82) is 0 Å². The molecule has 0 aliphatic carbocycles. The topological polar surface area (TPSA) is 137 Å². The molecule has 38 heavy (non-hydrogen) atoms. The number of ether oxygens (including phenoxy) is 1. The molecule has 0 aliphatic heterocycles. The number of carbonyl (C=O) groups is 1. The summed E-state index contributed by atoms with van der Waals surface area (Å²) in [5, 5.41) is 21.2. The molecule has 0 unspecified atom stereocenters. The highest BCUT2D eigenvalue weighted by Gasteiger charge is 2.32. The Kier molecular flexibility index (Phi) is 7.93. The minimum absolute atomic E-state index is 0.164. The minimum Gasteiger partial charge on any atom is -0.501 e. The van der Waals surface area contributed by atoms with Gasteiger partial charge in [-0.1, -0.05) is 23.7 Å². The molecule has 13 heteroatoms. The zero-order chi connectivity index (χ0) is 27.6. The maximum Gasteiger partial charge on any atom is 0.296 e. The Morgan fingerprint density at radius 1 is 1.32 bits per heavy atom. The Balaban J connectivity index is 1.86. The van der Waals surface area contributed by atoms with Crippen LogP contribution < -0.4 is 10.9 Å². The van der Waals surface area contributed by atoms with E-state index in [1.165, 1.54) is 37.7 Å². The summed E-state index contributed by atoms with van der Waals surface area (Å²) >= 11 is 6.55. The van der Waals surface area contributed by atoms with Gasteiger partial charge in [0.1, 0.15) is 23.6 Å². The lowest BCUT2D eigenvalue weighted by atomic mass is 9.81. The fourth-order valence-corrected chi connectivity index (χ4v) is 4.64. The number of aromatic nitrogens is 5. The molecule has 4 rings (SSSR count). The molecule has 0 bridgehead atoms. The van der Waals surface area contributed by atoms with Gasteiger partial charge in [-0.15, -0.1) is 0 Å². The molecule has 0 saturated heterocycles. The molecule has 0 saturated carbocycles. The number of benzene rings is 1. The van der Waals surface area contributed by atoms with Gasteiger partial charge in [-0.25, -0.2) is 9.37 Å². The number of nitrogens with zero attached hydrogens (tertiary/aromatic N) is 5. The minimum atomic E-state index is -0.833. The van der Waals surface area contributed by atoms with Crippen LogP contribution in [0.3, 0.4) is 0 Å². The molecule has 200 valence electrons. The Bertz CT molecular complexity index is 1520. The van der Waals surface area contributed by atoms with Crippen LogP contribution in [0.2, 0.25) is 5.02 Å². The number of methoxy groups -OCH3 is 1. The number of aromatic hydroxyl groups is 1. The third kappa shape index (κ3) is 5.18. The molecule has 11 nitrogen and oxygen atoms in total. The summed E-state index contributed by atoms with van der Waals surface area (Å²) < 4.78 is 27.2. The summed E-state index contributed by atoms with van der Waals surface area (Å²) in [5.74, 6) is -3.23. The summed E-state index contributed by atoms with van der Waals surface area (Å²) in [4.78, 5) is 30.3. The Hall–Kier alpha value is -4.03. The van der Waals surface area contributed by atoms with E-state index in [-0.39, 0.29) is 11.5 Å². The van der Waals surface area contributed by atoms with Crippen LogP contribution in [0.1, 0.15) is 51.9 Å². The number of halogens is 2. The standard InChI is InChI=1S/C25H26ClFN6O5/c1-13(23-31-21(22(34)25(36)32(23)3)24(35)30-16-10-29-38-12-16)20(17-9-15(27)5-6-19(17)26)18-11-28-33(14(18)2)7-8-37-4/h5-6,9-13,20,34H,7-8H2,1-4H3,(H,30,35)/t13-,20+/m1/s1. The molecular formula is C25H26ClFN6O5. The average molecular weight is 545 g/mol. The highest BCUT2D eigenvalue weighted by Crippen LogP contribution is 2.42. The highest BCUT2D eigenvalue weighted by atomic mass is 35.5. The Labute approximate surface area is 221 Å². The predicted octanol–water partition coefficient (Wildman–Crippen LogP) is 3.61. The van der Waals surface area contributed by atoms with Gasteiger partial charge in [-0.2, -0.15) is 5.10 Å². The number of amides is 1. The highest BCUT2D eigenvalue weighted by molar-refractivity contribution is 6.31. The predicted molar refractivity (Wildman–Crippen MR) is 136 cm³/mol. The first-order valence-electron chi connectivity index (χ1n) is 11.6. The summed E-state index contributed by atoms with van der Waals surface area (Å²) in [5.41, 5.74) is 0.871. The third-order valence-electron chi connectivity index (χ3n) is 6.39. The van der Waals surface area contributed by atoms with E-state index in [9.17, 15) is 19.1 Å². The lowest BCUT2D eigenvalue weighted by Gasteiger charge is -2.27. The average Bonchev–Trinajstić information content (AvgIpc) is 3.53. The smallest absolute Gasteiger partial charge is 0.296 e. The van der Waals surface area contributed by atoms with E-state index in [1.54, 1.807) is 24.9 Å². The van der Waals surface area contributed by atoms with E-state index in [1.807, 2.05) is 6.92 Å². The molecule has 1 aromatic carbocycles. The van der Waals surface area contributed by atoms with Crippen LogP contribution in [0, 0.1) is 12.7 Å². The zero-order valence-electron chi connectivity index (χ0n) is 21.1. The van der Waals surface area contributed by atoms with Crippen molar-refractivity contribution in [3.8, 4) is 5.75 Å². The molecule has 0 spiro atoms. The van der Waals surface area contributed by atoms with E-state index in [4.69, 9.17) is 20.9 Å². The van der Waals surface area contributed by atoms with Crippen LogP contribution in [-0.2, 0) is 18.3 Å². The molecule has 0 aliphatic rings. The van der Waals surface area contributed by atoms with Gasteiger partial charge in [0.15, 0.2) is 5.69 Å². The van der Waals surface area contributed by atoms with Crippen LogP contribution in [0.5, 0.6) is 5.75 Å². The van der Waals surface area contributed by atoms with Crippen LogP contribution in [0.4, 0.5) is 10.1 Å². The normalized spacial score (nSPS) is 12.9. The zero-order valence-corrected chi connectivity index (χ0v) is 21.9. The molecule has 3 aromatic heterocycles. The summed E-state index contributed by atoms with van der Waals surface area (Å²) in [7, 11) is 3.02. The Morgan fingerprint density at radius 3 is 2.76 bits per heavy atom. The summed E-state index contributed by atoms with van der Waals surface area (Å²) in [6.07, 6.45) is 4.10. The van der Waals surface area contributed by atoms with Crippen molar-refractivity contribution in [3.05, 3.63) is 86.4 Å². The number of anilines is 1. The van der Waals surface area contributed by atoms with Gasteiger partial charge in [0.2, 0.25) is 5.75 Å². The monoisotopic (exact) mass is 544 g/mol. The van der Waals surface area contributed by atoms with Crippen molar-refractivity contribution in [2.24, 2.45) is 7.05 Å². The van der Waals surface area contributed by atoms with Gasteiger partial charge < -0.3 is 19.7 Å². The quantitative estimate of drug-likeness (QED) is 0.326. The van der Waals surface area contributed by atoms with Gasteiger partial charge in [0.25, 0.3) is 11.5 Å². The van der Waals surface area contributed by atoms with Crippen molar-refractivity contribution in [2.75, 3.05) is 19.0 Å². The molecule has 2 atom stereocenters. The number of rotatable bonds is 9. The van der Waals surface area contributed by atoms with Crippen LogP contribution in [0.25, 0.3) is 0 Å². The molecule has 0 fully saturated rings. The van der Waals surface area contributed by atoms with Gasteiger partial charge in [0.05, 0.1) is 25.5 Å². The van der Waals surface area contributed by atoms with E-state index >= 15 is 0 Å². The number of hydrogen-bond acceptors (Lipinski definition) is 8. The maximum atomic E-state index is 14.4. The first-order valence-corrected chi connectivity index (χ1v) is 12.0. The number of nitrogens with one attached hydrogen (secondary N) is 1. The second kappa shape index (κ2) is 11.2. The largest absolute Gasteiger partial charge is 0.501 e. The van der Waals surface area contributed by atoms with Gasteiger partial charge in [-0.05, 0) is 30.7 Å². The fraction of sp³-hybridized carbons (Fsp3) is 0.320. The second-order valence-electron chi connectivity index (χ2n) is 8.73. The second-order valence-corrected chi connectivity index (χ2v) is 9.14. The van der Waals surface area contributed by atoms with Crippen LogP contribution in [-0.4, -0.2) is 49.2 Å². The first kappa shape index (κ1) is 27.0. The summed E-state index contributed by atoms with van der Waals surface area (Å²) in [6.45, 7) is 4.56. The van der Waals surface area contributed by atoms with Crippen molar-refractivity contribution in [3.63, 3.8) is 0 Å². The molecule has 3 heterocycles. The Morgan fingerprint density at radius 2 is 2.08 bits per heavy atom. The molecule has 1 amide bonds. The van der Waals surface area contributed by atoms with Crippen LogP contribution >= 0.6 is 11.6 Å². The SMILES string of the molecule is COCCn1ncc([C@H](c2cc(F)ccc2Cl)[C@@H](C)c2nc(C(=O)Nc3cnoc3)c(O)c(=O)n2C)c1C. The van der Waals surface area contributed by atoms with Crippen molar-refractivity contribution >= 4 is 23.2 Å². The first-order chi connectivity index (χ1) is 18.1. The number of hydrogen-bond donors (Lipinski definition) is 2. The van der Waals surface area contributed by atoms with Crippen molar-refractivity contribution in [2.45, 2.75) is 32.2 Å². The van der Waals surface area contributed by atoms with Crippen LogP contribution in [0.15, 0.2) is 46.2 Å². The molecule has 2 N–H and O–H groups in total. The molecular weight excluding hydrogens is 519 g/mol. The van der Waals surface area contributed by atoms with E-state index in [0.29, 0.717) is 23.7 Å². The summed E-state index contributed by atoms with van der Waals surface area (Å²) in [6, 6.07) is 4.04. The van der Waals surface area contributed by atoms with E-state index in [2.05, 4.69) is 20.6 Å². The van der Waals surface area contributed by atoms with Crippen molar-refractivity contribution < 1.29 is 23.6 Å². The van der Waals surface area contributed by atoms with Gasteiger partial charge in [-0.3, -0.25) is 18.8 Å². The molecule has 4 aromatic rings. The lowest BCUT2D eigenvalue weighted by Crippen LogP contribution is -2.29. The van der Waals surface area contributed by atoms with Crippen molar-refractivity contribution in [1.82, 2.24) is 24.5 Å². The fourth-order valence-electron chi connectivity index (χ4n) is 4.41. The van der Waals surface area contributed by atoms with Gasteiger partial charge >= 0.3 is 0 Å². The number of carbonyl (C=O) groups excluding carboxylic acids is 1. The van der Waals surface area contributed by atoms with E-state index < -0.39 is 40.6 Å².